The van der Waals surface area contributed by atoms with Gasteiger partial charge >= 0.3 is 0 Å². The number of ether oxygens (including phenoxy) is 3. The predicted molar refractivity (Wildman–Crippen MR) is 160 cm³/mol. The lowest BCUT2D eigenvalue weighted by Crippen LogP contribution is -2.46. The van der Waals surface area contributed by atoms with Gasteiger partial charge in [0.15, 0.2) is 17.8 Å². The van der Waals surface area contributed by atoms with Gasteiger partial charge in [-0.3, -0.25) is 0 Å². The minimum atomic E-state index is -0.916. The molecule has 1 aliphatic heterocycles. The molecule has 8 nitrogen and oxygen atoms in total. The van der Waals surface area contributed by atoms with E-state index in [4.69, 9.17) is 24.2 Å². The topological polar surface area (TPSA) is 89.8 Å². The molecule has 0 unspecified atom stereocenters. The second-order valence-electron chi connectivity index (χ2n) is 11.2. The van der Waals surface area contributed by atoms with Crippen molar-refractivity contribution in [3.05, 3.63) is 41.5 Å². The van der Waals surface area contributed by atoms with Crippen LogP contribution in [0.4, 0.5) is 14.6 Å². The molecule has 1 aliphatic carbocycles. The Balaban J connectivity index is 1.66. The molecular weight excluding hydrogens is 562 g/mol. The van der Waals surface area contributed by atoms with Crippen LogP contribution in [0, 0.1) is 11.6 Å². The summed E-state index contributed by atoms with van der Waals surface area (Å²) in [7, 11) is 1.51. The van der Waals surface area contributed by atoms with Crippen molar-refractivity contribution in [1.29, 1.82) is 0 Å². The molecule has 222 valence electrons. The molecule has 2 fully saturated rings. The van der Waals surface area contributed by atoms with Gasteiger partial charge in [-0.15, -0.1) is 0 Å². The Morgan fingerprint density at radius 3 is 2.64 bits per heavy atom. The molecule has 1 saturated carbocycles. The number of piperidine rings is 1. The van der Waals surface area contributed by atoms with E-state index in [1.54, 1.807) is 25.1 Å². The number of hydrogen-bond donors (Lipinski definition) is 1. The summed E-state index contributed by atoms with van der Waals surface area (Å²) in [4.78, 5) is 16.1. The number of pyridine rings is 1. The summed E-state index contributed by atoms with van der Waals surface area (Å²) in [6.07, 6.45) is 5.32. The fraction of sp³-hybridized carbons (Fsp3) is 0.452. The number of β-amino-alcohol motifs (C(OH)–C–C–N with tert-alkyl or cyclic N) is 1. The Morgan fingerprint density at radius 2 is 1.95 bits per heavy atom. The van der Waals surface area contributed by atoms with Crippen molar-refractivity contribution in [2.45, 2.75) is 62.8 Å². The number of aromatic nitrogens is 3. The van der Waals surface area contributed by atoms with E-state index in [1.165, 1.54) is 24.9 Å². The highest BCUT2D eigenvalue weighted by Crippen LogP contribution is 2.44. The molecule has 0 amide bonds. The molecule has 0 radical (unpaired) electrons. The number of aliphatic hydroxyl groups is 1. The van der Waals surface area contributed by atoms with Crippen LogP contribution in [0.3, 0.4) is 0 Å². The highest BCUT2D eigenvalue weighted by atomic mass is 32.2. The zero-order valence-electron chi connectivity index (χ0n) is 24.2. The first-order valence-corrected chi connectivity index (χ1v) is 15.4. The van der Waals surface area contributed by atoms with Crippen molar-refractivity contribution in [1.82, 2.24) is 15.0 Å². The maximum atomic E-state index is 16.9. The van der Waals surface area contributed by atoms with Gasteiger partial charge in [-0.05, 0) is 79.8 Å². The molecule has 0 spiro atoms. The van der Waals surface area contributed by atoms with Gasteiger partial charge in [0.05, 0.1) is 5.60 Å². The Hall–Kier alpha value is -3.28. The summed E-state index contributed by atoms with van der Waals surface area (Å²) < 4.78 is 49.2. The average molecular weight is 597 g/mol. The summed E-state index contributed by atoms with van der Waals surface area (Å²) in [5.74, 6) is 0.108. The smallest absolute Gasteiger partial charge is 0.227 e. The summed E-state index contributed by atoms with van der Waals surface area (Å²) in [6.45, 7) is 4.63. The minimum Gasteiger partial charge on any atom is -0.474 e. The Morgan fingerprint density at radius 1 is 1.14 bits per heavy atom. The van der Waals surface area contributed by atoms with Crippen molar-refractivity contribution in [2.75, 3.05) is 38.1 Å². The van der Waals surface area contributed by atoms with Crippen molar-refractivity contribution in [2.24, 2.45) is 0 Å². The van der Waals surface area contributed by atoms with E-state index >= 15 is 8.78 Å². The van der Waals surface area contributed by atoms with Crippen LogP contribution < -0.4 is 14.4 Å². The monoisotopic (exact) mass is 596 g/mol. The van der Waals surface area contributed by atoms with Crippen LogP contribution in [0.5, 0.6) is 11.6 Å². The largest absolute Gasteiger partial charge is 0.474 e. The SMILES string of the molecule is CCc1c(F)ccc2cc(OCOC)cc(-c3nc(OC4CC4)c4c(N5CCC[C@@](C)(O)C5)nc(SC)nc4c3F)c12. The van der Waals surface area contributed by atoms with Gasteiger partial charge in [-0.25, -0.2) is 23.7 Å². The Bertz CT molecular complexity index is 1660. The maximum absolute atomic E-state index is 16.9. The zero-order chi connectivity index (χ0) is 29.6. The molecule has 4 aromatic rings. The number of rotatable bonds is 9. The van der Waals surface area contributed by atoms with E-state index in [9.17, 15) is 5.11 Å². The van der Waals surface area contributed by atoms with E-state index in [0.29, 0.717) is 69.9 Å². The van der Waals surface area contributed by atoms with Crippen molar-refractivity contribution in [3.8, 4) is 22.9 Å². The van der Waals surface area contributed by atoms with E-state index in [1.807, 2.05) is 18.1 Å². The highest BCUT2D eigenvalue weighted by molar-refractivity contribution is 7.98. The fourth-order valence-corrected chi connectivity index (χ4v) is 6.02. The van der Waals surface area contributed by atoms with Crippen LogP contribution in [0.1, 0.15) is 45.1 Å². The molecule has 2 aliphatic rings. The number of benzene rings is 2. The second kappa shape index (κ2) is 11.4. The van der Waals surface area contributed by atoms with Crippen LogP contribution in [0.2, 0.25) is 0 Å². The van der Waals surface area contributed by atoms with Gasteiger partial charge in [-0.2, -0.15) is 0 Å². The molecule has 1 saturated heterocycles. The van der Waals surface area contributed by atoms with Crippen molar-refractivity contribution < 1.29 is 28.1 Å². The summed E-state index contributed by atoms with van der Waals surface area (Å²) in [5, 5.41) is 12.9. The number of anilines is 1. The van der Waals surface area contributed by atoms with Gasteiger partial charge in [0.2, 0.25) is 5.88 Å². The lowest BCUT2D eigenvalue weighted by molar-refractivity contribution is 0.0447. The fourth-order valence-electron chi connectivity index (χ4n) is 5.66. The first-order chi connectivity index (χ1) is 20.2. The van der Waals surface area contributed by atoms with Gasteiger partial charge in [0.1, 0.15) is 40.1 Å². The summed E-state index contributed by atoms with van der Waals surface area (Å²) >= 11 is 1.30. The number of hydrogen-bond acceptors (Lipinski definition) is 9. The standard InChI is InChI=1S/C31H34F2N4O4S/c1-5-20-22(32)10-7-17-13-19(40-16-39-3)14-21(23(17)20)26-25(33)27-24(29(34-26)41-18-8-9-18)28(36-30(35-27)42-4)37-12-6-11-31(2,38)15-37/h7,10,13-14,18,38H,5-6,8-9,11-12,15-16H2,1-4H3/t31-/m1/s1. The first kappa shape index (κ1) is 28.8. The number of thioether (sulfide) groups is 1. The van der Waals surface area contributed by atoms with Crippen LogP contribution in [-0.2, 0) is 11.2 Å². The molecule has 11 heteroatoms. The third-order valence-corrected chi connectivity index (χ3v) is 8.31. The molecular formula is C31H34F2N4O4S. The number of fused-ring (bicyclic) bond motifs is 2. The van der Waals surface area contributed by atoms with E-state index in [0.717, 1.165) is 19.3 Å². The maximum Gasteiger partial charge on any atom is 0.227 e. The van der Waals surface area contributed by atoms with Crippen molar-refractivity contribution >= 4 is 39.3 Å². The van der Waals surface area contributed by atoms with Crippen LogP contribution >= 0.6 is 11.8 Å². The number of methoxy groups -OCH3 is 1. The number of nitrogens with zero attached hydrogens (tertiary/aromatic N) is 4. The van der Waals surface area contributed by atoms with Gasteiger partial charge in [-0.1, -0.05) is 24.8 Å². The zero-order valence-corrected chi connectivity index (χ0v) is 25.0. The van der Waals surface area contributed by atoms with E-state index in [2.05, 4.69) is 4.98 Å². The molecule has 1 N–H and O–H groups in total. The summed E-state index contributed by atoms with van der Waals surface area (Å²) in [6, 6.07) is 6.51. The second-order valence-corrected chi connectivity index (χ2v) is 11.9. The first-order valence-electron chi connectivity index (χ1n) is 14.2. The third-order valence-electron chi connectivity index (χ3n) is 7.77. The molecule has 6 rings (SSSR count). The molecule has 2 aromatic heterocycles. The highest BCUT2D eigenvalue weighted by Gasteiger charge is 2.34. The Kier molecular flexibility index (Phi) is 7.84. The van der Waals surface area contributed by atoms with E-state index < -0.39 is 11.4 Å². The van der Waals surface area contributed by atoms with Gasteiger partial charge < -0.3 is 24.2 Å². The van der Waals surface area contributed by atoms with Gasteiger partial charge in [0.25, 0.3) is 0 Å². The normalized spacial score (nSPS) is 19.1. The number of aryl methyl sites for hydroxylation is 1. The molecule has 3 heterocycles. The third kappa shape index (κ3) is 5.45. The minimum absolute atomic E-state index is 0.00587. The summed E-state index contributed by atoms with van der Waals surface area (Å²) in [5.41, 5.74) is -0.0207. The van der Waals surface area contributed by atoms with Crippen LogP contribution in [0.25, 0.3) is 32.9 Å². The van der Waals surface area contributed by atoms with Crippen LogP contribution in [-0.4, -0.2) is 65.0 Å². The van der Waals surface area contributed by atoms with E-state index in [-0.39, 0.29) is 35.8 Å². The van der Waals surface area contributed by atoms with Crippen LogP contribution in [0.15, 0.2) is 29.4 Å². The van der Waals surface area contributed by atoms with Crippen molar-refractivity contribution in [3.63, 3.8) is 0 Å². The Labute approximate surface area is 247 Å². The lowest BCUT2D eigenvalue weighted by atomic mass is 9.94. The molecule has 42 heavy (non-hydrogen) atoms. The quantitative estimate of drug-likeness (QED) is 0.136. The van der Waals surface area contributed by atoms with Gasteiger partial charge in [0, 0.05) is 25.8 Å². The predicted octanol–water partition coefficient (Wildman–Crippen LogP) is 6.28. The average Bonchev–Trinajstić information content (AvgIpc) is 3.80. The number of halogens is 2. The molecule has 0 bridgehead atoms. The molecule has 1 atom stereocenters. The molecule has 2 aromatic carbocycles. The lowest BCUT2D eigenvalue weighted by Gasteiger charge is -2.38.